The number of nitrogens with one attached hydrogen (secondary N) is 2. The first-order valence-corrected chi connectivity index (χ1v) is 8.61. The molecule has 3 amide bonds. The van der Waals surface area contributed by atoms with Gasteiger partial charge in [-0.1, -0.05) is 0 Å². The topological polar surface area (TPSA) is 138 Å². The summed E-state index contributed by atoms with van der Waals surface area (Å²) in [5.74, 6) is -0.101. The number of urea groups is 1. The lowest BCUT2D eigenvalue weighted by atomic mass is 10.0. The van der Waals surface area contributed by atoms with Crippen LogP contribution in [0.25, 0.3) is 0 Å². The maximum Gasteiger partial charge on any atom is 0.418 e. The van der Waals surface area contributed by atoms with Crippen LogP contribution in [0.3, 0.4) is 0 Å². The van der Waals surface area contributed by atoms with E-state index in [9.17, 15) is 18.0 Å². The molecule has 3 rings (SSSR count). The molecule has 11 nitrogen and oxygen atoms in total. The lowest BCUT2D eigenvalue weighted by Gasteiger charge is -2.30. The minimum atomic E-state index is -4.79. The molecule has 3 fully saturated rings. The molecule has 12 heteroatoms. The molecule has 3 aliphatic rings. The average molecular weight is 350 g/mol. The highest BCUT2D eigenvalue weighted by molar-refractivity contribution is 7.80. The van der Waals surface area contributed by atoms with Gasteiger partial charge in [0.05, 0.1) is 12.6 Å². The monoisotopic (exact) mass is 350 g/mol. The number of fused-ring (bicyclic) bond motifs is 2. The highest BCUT2D eigenvalue weighted by Crippen LogP contribution is 2.30. The van der Waals surface area contributed by atoms with Crippen molar-refractivity contribution in [2.75, 3.05) is 26.2 Å². The first-order chi connectivity index (χ1) is 10.8. The van der Waals surface area contributed by atoms with Crippen molar-refractivity contribution in [3.8, 4) is 0 Å². The van der Waals surface area contributed by atoms with Gasteiger partial charge in [0.15, 0.2) is 0 Å². The van der Waals surface area contributed by atoms with Crippen LogP contribution in [-0.2, 0) is 24.3 Å². The molecule has 0 aliphatic carbocycles. The van der Waals surface area contributed by atoms with Gasteiger partial charge in [-0.25, -0.2) is 10.3 Å². The normalized spacial score (nSPS) is 28.0. The summed E-state index contributed by atoms with van der Waals surface area (Å²) in [5.41, 5.74) is 2.33. The number of piperidine rings is 1. The predicted molar refractivity (Wildman–Crippen MR) is 73.8 cm³/mol. The van der Waals surface area contributed by atoms with Crippen molar-refractivity contribution < 1.29 is 31.7 Å². The van der Waals surface area contributed by atoms with E-state index in [-0.39, 0.29) is 6.54 Å². The van der Waals surface area contributed by atoms with Crippen LogP contribution in [0, 0.1) is 5.92 Å². The lowest BCUT2D eigenvalue weighted by Crippen LogP contribution is -2.51. The van der Waals surface area contributed by atoms with Crippen LogP contribution in [-0.4, -0.2) is 73.2 Å². The molecule has 0 radical (unpaired) electrons. The van der Waals surface area contributed by atoms with Crippen molar-refractivity contribution >= 4 is 22.3 Å². The molecule has 3 aliphatic heterocycles. The van der Waals surface area contributed by atoms with E-state index in [1.165, 1.54) is 4.90 Å². The number of nitrogens with zero attached hydrogens (tertiary/aromatic N) is 2. The summed E-state index contributed by atoms with van der Waals surface area (Å²) < 4.78 is 34.6. The molecule has 0 aromatic heterocycles. The molecule has 23 heavy (non-hydrogen) atoms. The Labute approximate surface area is 132 Å². The van der Waals surface area contributed by atoms with Crippen molar-refractivity contribution in [2.24, 2.45) is 5.92 Å². The summed E-state index contributed by atoms with van der Waals surface area (Å²) in [4.78, 5) is 30.6. The van der Waals surface area contributed by atoms with Gasteiger partial charge in [0.25, 0.3) is 5.91 Å². The molecule has 3 N–H and O–H groups in total. The van der Waals surface area contributed by atoms with Crippen LogP contribution in [0.1, 0.15) is 12.8 Å². The molecule has 130 valence electrons. The summed E-state index contributed by atoms with van der Waals surface area (Å²) in [7, 11) is -4.79. The molecular formula is C11H18N4O7S. The van der Waals surface area contributed by atoms with Crippen molar-refractivity contribution in [2.45, 2.75) is 24.9 Å². The van der Waals surface area contributed by atoms with Gasteiger partial charge in [-0.2, -0.15) is 13.5 Å². The van der Waals surface area contributed by atoms with E-state index in [2.05, 4.69) is 15.1 Å². The highest BCUT2D eigenvalue weighted by atomic mass is 32.3. The van der Waals surface area contributed by atoms with Gasteiger partial charge in [-0.15, -0.1) is 4.28 Å². The molecule has 1 unspecified atom stereocenters. The molecule has 2 bridgehead atoms. The van der Waals surface area contributed by atoms with Gasteiger partial charge < -0.3 is 10.2 Å². The van der Waals surface area contributed by atoms with Crippen molar-refractivity contribution in [1.82, 2.24) is 20.8 Å². The first kappa shape index (κ1) is 16.4. The van der Waals surface area contributed by atoms with Crippen molar-refractivity contribution in [3.05, 3.63) is 0 Å². The highest BCUT2D eigenvalue weighted by Gasteiger charge is 2.49. The zero-order chi connectivity index (χ0) is 16.6. The summed E-state index contributed by atoms with van der Waals surface area (Å²) in [6.45, 7) is 2.22. The summed E-state index contributed by atoms with van der Waals surface area (Å²) in [6.07, 6.45) is 0.726. The maximum absolute atomic E-state index is 12.1. The molecule has 0 spiro atoms. The van der Waals surface area contributed by atoms with Crippen LogP contribution in [0.5, 0.6) is 0 Å². The zero-order valence-corrected chi connectivity index (χ0v) is 13.0. The van der Waals surface area contributed by atoms with E-state index in [1.807, 2.05) is 0 Å². The third kappa shape index (κ3) is 3.55. The van der Waals surface area contributed by atoms with Crippen molar-refractivity contribution in [3.63, 3.8) is 0 Å². The van der Waals surface area contributed by atoms with Gasteiger partial charge >= 0.3 is 16.4 Å². The van der Waals surface area contributed by atoms with Crippen LogP contribution in [0.4, 0.5) is 4.79 Å². The second kappa shape index (κ2) is 6.20. The van der Waals surface area contributed by atoms with Gasteiger partial charge in [0, 0.05) is 25.6 Å². The number of rotatable bonds is 6. The largest absolute Gasteiger partial charge is 0.418 e. The summed E-state index contributed by atoms with van der Waals surface area (Å²) in [5, 5.41) is 3.68. The van der Waals surface area contributed by atoms with Gasteiger partial charge in [0.1, 0.15) is 6.04 Å². The van der Waals surface area contributed by atoms with E-state index in [0.717, 1.165) is 13.1 Å². The van der Waals surface area contributed by atoms with Gasteiger partial charge in [-0.05, 0) is 12.8 Å². The van der Waals surface area contributed by atoms with E-state index in [1.54, 1.807) is 0 Å². The lowest BCUT2D eigenvalue weighted by molar-refractivity contribution is -0.140. The Kier molecular flexibility index (Phi) is 4.42. The molecule has 0 aromatic rings. The number of hydrogen-bond acceptors (Lipinski definition) is 7. The smallest absolute Gasteiger partial charge is 0.316 e. The molecule has 3 heterocycles. The molecule has 3 saturated heterocycles. The van der Waals surface area contributed by atoms with E-state index < -0.39 is 34.4 Å². The fourth-order valence-electron chi connectivity index (χ4n) is 2.87. The second-order valence-electron chi connectivity index (χ2n) is 5.81. The number of hydrogen-bond donors (Lipinski definition) is 3. The number of carbonyl (C=O) groups excluding carboxylic acids is 2. The average Bonchev–Trinajstić information content (AvgIpc) is 2.65. The van der Waals surface area contributed by atoms with E-state index in [4.69, 9.17) is 9.39 Å². The predicted octanol–water partition coefficient (Wildman–Crippen LogP) is -1.74. The number of carbonyl (C=O) groups is 2. The third-order valence-corrected chi connectivity index (χ3v) is 4.51. The van der Waals surface area contributed by atoms with Crippen LogP contribution in [0.2, 0.25) is 0 Å². The zero-order valence-electron chi connectivity index (χ0n) is 12.2. The first-order valence-electron chi connectivity index (χ1n) is 7.24. The van der Waals surface area contributed by atoms with Gasteiger partial charge in [0.2, 0.25) is 0 Å². The van der Waals surface area contributed by atoms with Gasteiger partial charge in [-0.3, -0.25) is 14.2 Å². The number of amides is 3. The Bertz CT molecular complexity index is 593. The fraction of sp³-hybridized carbons (Fsp3) is 0.818. The second-order valence-corrected chi connectivity index (χ2v) is 6.82. The van der Waals surface area contributed by atoms with Crippen molar-refractivity contribution in [1.29, 1.82) is 0 Å². The Morgan fingerprint density at radius 2 is 2.13 bits per heavy atom. The third-order valence-electron chi connectivity index (χ3n) is 4.16. The fourth-order valence-corrected chi connectivity index (χ4v) is 3.26. The number of hydroxylamine groups is 3. The van der Waals surface area contributed by atoms with Crippen LogP contribution >= 0.6 is 0 Å². The minimum absolute atomic E-state index is 0.152. The quantitative estimate of drug-likeness (QED) is 0.379. The van der Waals surface area contributed by atoms with E-state index in [0.29, 0.717) is 30.4 Å². The molecule has 0 aromatic carbocycles. The Hall–Kier alpha value is -1.47. The molecule has 0 saturated carbocycles. The summed E-state index contributed by atoms with van der Waals surface area (Å²) >= 11 is 0. The van der Waals surface area contributed by atoms with Crippen LogP contribution < -0.4 is 10.8 Å². The summed E-state index contributed by atoms with van der Waals surface area (Å²) in [6, 6.07) is -2.04. The molecule has 2 atom stereocenters. The Morgan fingerprint density at radius 3 is 2.74 bits per heavy atom. The standard InChI is InChI=1S/C11H18N4O7S/c16-10(13-21-6-7-3-12-4-7)9-2-1-8-5-14(9)11(17)15(8)22-23(18,19)20/h7-9,12H,1-6H2,(H,13,16)(H,18,19,20)/t8-,9?/m1/s1. The van der Waals surface area contributed by atoms with E-state index >= 15 is 0 Å². The Morgan fingerprint density at radius 1 is 1.39 bits per heavy atom. The minimum Gasteiger partial charge on any atom is -0.316 e. The maximum atomic E-state index is 12.1. The SMILES string of the molecule is O=C(NOCC1CNC1)C1CC[C@@H]2CN1C(=O)N2OS(=O)(=O)O. The Balaban J connectivity index is 1.56. The van der Waals surface area contributed by atoms with Crippen LogP contribution in [0.15, 0.2) is 0 Å². The molecular weight excluding hydrogens is 332 g/mol.